The van der Waals surface area contributed by atoms with Gasteiger partial charge in [0.25, 0.3) is 5.91 Å². The lowest BCUT2D eigenvalue weighted by atomic mass is 10.2. The molecule has 2 heterocycles. The molecule has 0 saturated carbocycles. The maximum atomic E-state index is 12.8. The molecule has 9 heteroatoms. The van der Waals surface area contributed by atoms with Gasteiger partial charge in [0.1, 0.15) is 11.9 Å². The van der Waals surface area contributed by atoms with Crippen LogP contribution in [0.1, 0.15) is 12.5 Å². The molecule has 1 unspecified atom stereocenters. The molecule has 3 aromatic rings. The predicted molar refractivity (Wildman–Crippen MR) is 127 cm³/mol. The van der Waals surface area contributed by atoms with Gasteiger partial charge in [0.15, 0.2) is 11.5 Å². The number of carbonyl (C=O) groups excluding carboxylic acids is 1. The fourth-order valence-electron chi connectivity index (χ4n) is 3.86. The molecular formula is C24H29N5O4. The number of benzene rings is 2. The summed E-state index contributed by atoms with van der Waals surface area (Å²) in [7, 11) is 3.15. The third kappa shape index (κ3) is 4.93. The van der Waals surface area contributed by atoms with Crippen molar-refractivity contribution in [2.75, 3.05) is 51.0 Å². The third-order valence-corrected chi connectivity index (χ3v) is 5.78. The van der Waals surface area contributed by atoms with Gasteiger partial charge in [-0.3, -0.25) is 4.79 Å². The average molecular weight is 452 g/mol. The Morgan fingerprint density at radius 1 is 1.03 bits per heavy atom. The van der Waals surface area contributed by atoms with Gasteiger partial charge >= 0.3 is 0 Å². The average Bonchev–Trinajstić information content (AvgIpc) is 2.86. The highest BCUT2D eigenvalue weighted by Gasteiger charge is 2.27. The molecule has 4 rings (SSSR count). The second kappa shape index (κ2) is 9.91. The fourth-order valence-corrected chi connectivity index (χ4v) is 3.86. The van der Waals surface area contributed by atoms with E-state index >= 15 is 0 Å². The lowest BCUT2D eigenvalue weighted by molar-refractivity contribution is -0.143. The van der Waals surface area contributed by atoms with Crippen LogP contribution in [-0.2, 0) is 16.1 Å². The standard InChI is InChI=1S/C24H29N5O4/c1-16(33-15-17-7-5-4-6-8-17)23(30)28-9-11-29(12-10-28)24-26-19-14-21(32-3)20(31-2)13-18(19)22(25)27-24/h4-8,13-14,16H,9-12,15H2,1-3H3,(H2,25,26,27). The number of rotatable bonds is 7. The number of piperazine rings is 1. The number of nitrogen functional groups attached to an aromatic ring is 1. The summed E-state index contributed by atoms with van der Waals surface area (Å²) in [5.74, 6) is 2.05. The van der Waals surface area contributed by atoms with Crippen molar-refractivity contribution in [2.24, 2.45) is 0 Å². The lowest BCUT2D eigenvalue weighted by Crippen LogP contribution is -2.51. The van der Waals surface area contributed by atoms with Crippen LogP contribution in [0, 0.1) is 0 Å². The molecule has 1 aliphatic heterocycles. The third-order valence-electron chi connectivity index (χ3n) is 5.78. The van der Waals surface area contributed by atoms with Gasteiger partial charge in [-0.15, -0.1) is 0 Å². The Balaban J connectivity index is 1.40. The minimum Gasteiger partial charge on any atom is -0.493 e. The van der Waals surface area contributed by atoms with Gasteiger partial charge in [0, 0.05) is 37.6 Å². The van der Waals surface area contributed by atoms with Crippen molar-refractivity contribution >= 4 is 28.6 Å². The topological polar surface area (TPSA) is 103 Å². The Hall–Kier alpha value is -3.59. The summed E-state index contributed by atoms with van der Waals surface area (Å²) in [6.07, 6.45) is -0.508. The monoisotopic (exact) mass is 451 g/mol. The predicted octanol–water partition coefficient (Wildman–Crippen LogP) is 2.48. The minimum atomic E-state index is -0.508. The van der Waals surface area contributed by atoms with Crippen molar-refractivity contribution in [3.63, 3.8) is 0 Å². The first-order chi connectivity index (χ1) is 16.0. The zero-order valence-electron chi connectivity index (χ0n) is 19.2. The minimum absolute atomic E-state index is 0.0126. The fraction of sp³-hybridized carbons (Fsp3) is 0.375. The van der Waals surface area contributed by atoms with Crippen LogP contribution in [-0.4, -0.2) is 67.3 Å². The van der Waals surface area contributed by atoms with Crippen LogP contribution in [0.5, 0.6) is 11.5 Å². The van der Waals surface area contributed by atoms with E-state index in [9.17, 15) is 4.79 Å². The van der Waals surface area contributed by atoms with Crippen molar-refractivity contribution in [1.82, 2.24) is 14.9 Å². The molecular weight excluding hydrogens is 422 g/mol. The molecule has 1 saturated heterocycles. The summed E-state index contributed by atoms with van der Waals surface area (Å²) in [5.41, 5.74) is 7.94. The molecule has 1 fully saturated rings. The van der Waals surface area contributed by atoms with Gasteiger partial charge < -0.3 is 29.7 Å². The highest BCUT2D eigenvalue weighted by molar-refractivity contribution is 5.91. The second-order valence-corrected chi connectivity index (χ2v) is 7.88. The Morgan fingerprint density at radius 3 is 2.36 bits per heavy atom. The number of amides is 1. The molecule has 0 spiro atoms. The first-order valence-electron chi connectivity index (χ1n) is 10.9. The van der Waals surface area contributed by atoms with Crippen LogP contribution in [0.4, 0.5) is 11.8 Å². The van der Waals surface area contributed by atoms with Gasteiger partial charge in [-0.05, 0) is 18.6 Å². The summed E-state index contributed by atoms with van der Waals surface area (Å²) in [4.78, 5) is 25.9. The van der Waals surface area contributed by atoms with Crippen molar-refractivity contribution in [2.45, 2.75) is 19.6 Å². The number of nitrogens with two attached hydrogens (primary N) is 1. The van der Waals surface area contributed by atoms with Gasteiger partial charge in [0.05, 0.1) is 26.3 Å². The maximum absolute atomic E-state index is 12.8. The number of ether oxygens (including phenoxy) is 3. The number of carbonyl (C=O) groups is 1. The van der Waals surface area contributed by atoms with E-state index < -0.39 is 6.10 Å². The molecule has 9 nitrogen and oxygen atoms in total. The highest BCUT2D eigenvalue weighted by atomic mass is 16.5. The Labute approximate surface area is 193 Å². The lowest BCUT2D eigenvalue weighted by Gasteiger charge is -2.36. The van der Waals surface area contributed by atoms with Crippen LogP contribution >= 0.6 is 0 Å². The molecule has 33 heavy (non-hydrogen) atoms. The Morgan fingerprint density at radius 2 is 1.70 bits per heavy atom. The molecule has 1 aromatic heterocycles. The van der Waals surface area contributed by atoms with E-state index in [4.69, 9.17) is 19.9 Å². The summed E-state index contributed by atoms with van der Waals surface area (Å²) in [6.45, 7) is 4.54. The molecule has 2 N–H and O–H groups in total. The van der Waals surface area contributed by atoms with E-state index in [0.29, 0.717) is 67.0 Å². The molecule has 0 radical (unpaired) electrons. The number of hydrogen-bond acceptors (Lipinski definition) is 8. The first-order valence-corrected chi connectivity index (χ1v) is 10.9. The van der Waals surface area contributed by atoms with Gasteiger partial charge in [0.2, 0.25) is 5.95 Å². The van der Waals surface area contributed by atoms with E-state index in [0.717, 1.165) is 5.56 Å². The molecule has 0 bridgehead atoms. The molecule has 1 amide bonds. The summed E-state index contributed by atoms with van der Waals surface area (Å²) < 4.78 is 16.5. The Bertz CT molecular complexity index is 1120. The summed E-state index contributed by atoms with van der Waals surface area (Å²) in [6, 6.07) is 13.4. The van der Waals surface area contributed by atoms with Gasteiger partial charge in [-0.2, -0.15) is 4.98 Å². The van der Waals surface area contributed by atoms with Crippen LogP contribution in [0.15, 0.2) is 42.5 Å². The van der Waals surface area contributed by atoms with Crippen molar-refractivity contribution in [3.05, 3.63) is 48.0 Å². The summed E-state index contributed by atoms with van der Waals surface area (Å²) in [5, 5.41) is 0.703. The van der Waals surface area contributed by atoms with E-state index in [1.54, 1.807) is 33.3 Å². The van der Waals surface area contributed by atoms with Crippen LogP contribution in [0.2, 0.25) is 0 Å². The second-order valence-electron chi connectivity index (χ2n) is 7.88. The smallest absolute Gasteiger partial charge is 0.251 e. The number of aromatic nitrogens is 2. The molecule has 1 atom stereocenters. The number of fused-ring (bicyclic) bond motifs is 1. The van der Waals surface area contributed by atoms with Crippen LogP contribution in [0.25, 0.3) is 10.9 Å². The molecule has 2 aromatic carbocycles. The van der Waals surface area contributed by atoms with E-state index in [2.05, 4.69) is 9.97 Å². The molecule has 0 aliphatic carbocycles. The van der Waals surface area contributed by atoms with E-state index in [1.807, 2.05) is 40.1 Å². The number of anilines is 2. The number of hydrogen-bond donors (Lipinski definition) is 1. The largest absolute Gasteiger partial charge is 0.493 e. The van der Waals surface area contributed by atoms with Gasteiger partial charge in [-0.1, -0.05) is 30.3 Å². The zero-order chi connectivity index (χ0) is 23.4. The van der Waals surface area contributed by atoms with E-state index in [1.165, 1.54) is 0 Å². The van der Waals surface area contributed by atoms with Crippen molar-refractivity contribution in [1.29, 1.82) is 0 Å². The normalized spacial score (nSPS) is 14.9. The van der Waals surface area contributed by atoms with Gasteiger partial charge in [-0.25, -0.2) is 4.98 Å². The number of methoxy groups -OCH3 is 2. The SMILES string of the molecule is COc1cc2nc(N3CCN(C(=O)C(C)OCc4ccccc4)CC3)nc(N)c2cc1OC. The summed E-state index contributed by atoms with van der Waals surface area (Å²) >= 11 is 0. The highest BCUT2D eigenvalue weighted by Crippen LogP contribution is 2.34. The Kier molecular flexibility index (Phi) is 6.79. The first kappa shape index (κ1) is 22.6. The quantitative estimate of drug-likeness (QED) is 0.584. The van der Waals surface area contributed by atoms with Crippen molar-refractivity contribution in [3.8, 4) is 11.5 Å². The van der Waals surface area contributed by atoms with Crippen LogP contribution in [0.3, 0.4) is 0 Å². The van der Waals surface area contributed by atoms with Crippen LogP contribution < -0.4 is 20.1 Å². The maximum Gasteiger partial charge on any atom is 0.251 e. The molecule has 1 aliphatic rings. The van der Waals surface area contributed by atoms with Crippen molar-refractivity contribution < 1.29 is 19.0 Å². The molecule has 174 valence electrons. The zero-order valence-corrected chi connectivity index (χ0v) is 19.2. The number of nitrogens with zero attached hydrogens (tertiary/aromatic N) is 4. The van der Waals surface area contributed by atoms with E-state index in [-0.39, 0.29) is 5.91 Å².